The van der Waals surface area contributed by atoms with Crippen molar-refractivity contribution in [1.29, 1.82) is 0 Å². The van der Waals surface area contributed by atoms with Crippen molar-refractivity contribution in [3.63, 3.8) is 0 Å². The number of nitrogens with zero attached hydrogens (tertiary/aromatic N) is 1. The average molecular weight is 390 g/mol. The second kappa shape index (κ2) is 11.6. The summed E-state index contributed by atoms with van der Waals surface area (Å²) in [6.07, 6.45) is 3.86. The zero-order chi connectivity index (χ0) is 15.9. The number of carbonyl (C=O) groups excluding carboxylic acids is 1. The molecule has 2 heterocycles. The van der Waals surface area contributed by atoms with Crippen molar-refractivity contribution in [2.45, 2.75) is 31.8 Å². The van der Waals surface area contributed by atoms with Gasteiger partial charge in [-0.1, -0.05) is 18.2 Å². The fourth-order valence-electron chi connectivity index (χ4n) is 3.37. The van der Waals surface area contributed by atoms with Crippen molar-refractivity contribution in [3.05, 3.63) is 29.8 Å². The van der Waals surface area contributed by atoms with E-state index < -0.39 is 0 Å². The number of nitrogens with one attached hydrogen (secondary N) is 2. The molecule has 0 radical (unpaired) electrons. The van der Waals surface area contributed by atoms with E-state index in [-0.39, 0.29) is 36.8 Å². The predicted molar refractivity (Wildman–Crippen MR) is 106 cm³/mol. The molecule has 5 nitrogen and oxygen atoms in total. The first-order valence-corrected chi connectivity index (χ1v) is 8.75. The Kier molecular flexibility index (Phi) is 10.2. The van der Waals surface area contributed by atoms with Crippen molar-refractivity contribution in [3.8, 4) is 0 Å². The van der Waals surface area contributed by atoms with Crippen LogP contribution in [0.25, 0.3) is 0 Å². The maximum absolute atomic E-state index is 11.9. The Morgan fingerprint density at radius 3 is 2.96 bits per heavy atom. The minimum atomic E-state index is 0. The van der Waals surface area contributed by atoms with Crippen LogP contribution in [0, 0.1) is 0 Å². The van der Waals surface area contributed by atoms with Gasteiger partial charge < -0.3 is 20.3 Å². The van der Waals surface area contributed by atoms with Crippen LogP contribution in [-0.2, 0) is 16.0 Å². The van der Waals surface area contributed by atoms with Gasteiger partial charge >= 0.3 is 0 Å². The average Bonchev–Trinajstić information content (AvgIpc) is 2.60. The van der Waals surface area contributed by atoms with Crippen molar-refractivity contribution >= 4 is 36.4 Å². The van der Waals surface area contributed by atoms with Crippen LogP contribution in [-0.4, -0.2) is 51.3 Å². The fourth-order valence-corrected chi connectivity index (χ4v) is 3.37. The molecule has 1 aromatic carbocycles. The molecule has 0 bridgehead atoms. The molecule has 3 rings (SSSR count). The van der Waals surface area contributed by atoms with Crippen molar-refractivity contribution in [2.24, 2.45) is 0 Å². The number of rotatable bonds is 6. The number of hydrogen-bond donors (Lipinski definition) is 2. The third-order valence-electron chi connectivity index (χ3n) is 4.55. The molecule has 1 fully saturated rings. The lowest BCUT2D eigenvalue weighted by atomic mass is 10.0. The number of para-hydroxylation sites is 1. The van der Waals surface area contributed by atoms with Crippen molar-refractivity contribution in [1.82, 2.24) is 10.6 Å². The van der Waals surface area contributed by atoms with Crippen LogP contribution in [0.3, 0.4) is 0 Å². The Morgan fingerprint density at radius 1 is 1.32 bits per heavy atom. The lowest BCUT2D eigenvalue weighted by Crippen LogP contribution is -2.41. The van der Waals surface area contributed by atoms with Gasteiger partial charge in [-0.3, -0.25) is 4.79 Å². The third kappa shape index (κ3) is 6.66. The van der Waals surface area contributed by atoms with Gasteiger partial charge in [0.15, 0.2) is 0 Å². The van der Waals surface area contributed by atoms with E-state index in [1.807, 2.05) is 0 Å². The zero-order valence-electron chi connectivity index (χ0n) is 14.5. The smallest absolute Gasteiger partial charge is 0.222 e. The molecule has 25 heavy (non-hydrogen) atoms. The van der Waals surface area contributed by atoms with Gasteiger partial charge in [-0.05, 0) is 30.9 Å². The van der Waals surface area contributed by atoms with E-state index >= 15 is 0 Å². The number of ether oxygens (including phenoxy) is 1. The van der Waals surface area contributed by atoms with Crippen LogP contribution in [0.1, 0.15) is 24.8 Å². The lowest BCUT2D eigenvalue weighted by Gasteiger charge is -2.31. The van der Waals surface area contributed by atoms with E-state index in [1.54, 1.807) is 0 Å². The van der Waals surface area contributed by atoms with Crippen molar-refractivity contribution < 1.29 is 9.53 Å². The van der Waals surface area contributed by atoms with Crippen LogP contribution in [0.4, 0.5) is 5.69 Å². The highest BCUT2D eigenvalue weighted by molar-refractivity contribution is 5.85. The quantitative estimate of drug-likeness (QED) is 0.732. The highest BCUT2D eigenvalue weighted by Gasteiger charge is 2.18. The van der Waals surface area contributed by atoms with Crippen molar-refractivity contribution in [2.75, 3.05) is 44.2 Å². The molecule has 1 amide bonds. The zero-order valence-corrected chi connectivity index (χ0v) is 16.2. The SMILES string of the molecule is Cl.Cl.O=C(CC1CNCCO1)NCCCN1CCCc2ccccc21. The minimum Gasteiger partial charge on any atom is -0.375 e. The van der Waals surface area contributed by atoms with Gasteiger partial charge in [0.05, 0.1) is 19.1 Å². The summed E-state index contributed by atoms with van der Waals surface area (Å²) in [5.74, 6) is 0.0951. The van der Waals surface area contributed by atoms with Crippen LogP contribution in [0.5, 0.6) is 0 Å². The molecule has 1 saturated heterocycles. The maximum Gasteiger partial charge on any atom is 0.222 e. The fraction of sp³-hybridized carbons (Fsp3) is 0.611. The number of hydrogen-bond acceptors (Lipinski definition) is 4. The Hall–Kier alpha value is -1.01. The highest BCUT2D eigenvalue weighted by atomic mass is 35.5. The van der Waals surface area contributed by atoms with E-state index in [9.17, 15) is 4.79 Å². The Bertz CT molecular complexity index is 525. The van der Waals surface area contributed by atoms with E-state index in [1.165, 1.54) is 24.1 Å². The Labute approximate surface area is 162 Å². The minimum absolute atomic E-state index is 0. The van der Waals surface area contributed by atoms with Gasteiger partial charge in [-0.15, -0.1) is 24.8 Å². The Balaban J connectivity index is 0.00000156. The summed E-state index contributed by atoms with van der Waals surface area (Å²) in [6.45, 7) is 5.21. The molecule has 1 aromatic rings. The van der Waals surface area contributed by atoms with E-state index in [4.69, 9.17) is 4.74 Å². The number of amides is 1. The number of halogens is 2. The molecule has 1 unspecified atom stereocenters. The Morgan fingerprint density at radius 2 is 2.16 bits per heavy atom. The predicted octanol–water partition coefficient (Wildman–Crippen LogP) is 2.17. The summed E-state index contributed by atoms with van der Waals surface area (Å²) >= 11 is 0. The molecule has 0 aromatic heterocycles. The molecule has 0 aliphatic carbocycles. The summed E-state index contributed by atoms with van der Waals surface area (Å²) in [6, 6.07) is 8.66. The molecule has 142 valence electrons. The molecule has 7 heteroatoms. The molecule has 0 spiro atoms. The topological polar surface area (TPSA) is 53.6 Å². The summed E-state index contributed by atoms with van der Waals surface area (Å²) in [5.41, 5.74) is 2.82. The van der Waals surface area contributed by atoms with Crippen LogP contribution < -0.4 is 15.5 Å². The summed E-state index contributed by atoms with van der Waals surface area (Å²) in [4.78, 5) is 14.4. The number of fused-ring (bicyclic) bond motifs is 1. The molecule has 2 aliphatic rings. The van der Waals surface area contributed by atoms with Gasteiger partial charge in [-0.2, -0.15) is 0 Å². The maximum atomic E-state index is 11.9. The van der Waals surface area contributed by atoms with Crippen LogP contribution >= 0.6 is 24.8 Å². The second-order valence-electron chi connectivity index (χ2n) is 6.32. The van der Waals surface area contributed by atoms with Crippen LogP contribution in [0.15, 0.2) is 24.3 Å². The first-order chi connectivity index (χ1) is 11.3. The van der Waals surface area contributed by atoms with E-state index in [2.05, 4.69) is 39.8 Å². The second-order valence-corrected chi connectivity index (χ2v) is 6.32. The highest BCUT2D eigenvalue weighted by Crippen LogP contribution is 2.26. The monoisotopic (exact) mass is 389 g/mol. The van der Waals surface area contributed by atoms with Crippen LogP contribution in [0.2, 0.25) is 0 Å². The largest absolute Gasteiger partial charge is 0.375 e. The lowest BCUT2D eigenvalue weighted by molar-refractivity contribution is -0.124. The number of anilines is 1. The molecular formula is C18H29Cl2N3O2. The summed E-state index contributed by atoms with van der Waals surface area (Å²) < 4.78 is 5.56. The molecule has 2 aliphatic heterocycles. The van der Waals surface area contributed by atoms with Gasteiger partial charge in [0.25, 0.3) is 0 Å². The third-order valence-corrected chi connectivity index (χ3v) is 4.55. The van der Waals surface area contributed by atoms with Gasteiger partial charge in [0.1, 0.15) is 0 Å². The summed E-state index contributed by atoms with van der Waals surface area (Å²) in [5, 5.41) is 6.27. The normalized spacial score (nSPS) is 19.2. The molecule has 1 atom stereocenters. The van der Waals surface area contributed by atoms with E-state index in [0.29, 0.717) is 13.0 Å². The van der Waals surface area contributed by atoms with Gasteiger partial charge in [0.2, 0.25) is 5.91 Å². The van der Waals surface area contributed by atoms with Gasteiger partial charge in [0, 0.05) is 38.4 Å². The van der Waals surface area contributed by atoms with Gasteiger partial charge in [-0.25, -0.2) is 0 Å². The molecule has 0 saturated carbocycles. The number of benzene rings is 1. The molecular weight excluding hydrogens is 361 g/mol. The summed E-state index contributed by atoms with van der Waals surface area (Å²) in [7, 11) is 0. The number of aryl methyl sites for hydroxylation is 1. The molecule has 2 N–H and O–H groups in total. The number of carbonyl (C=O) groups is 1. The number of morpholine rings is 1. The first kappa shape index (κ1) is 22.0. The standard InChI is InChI=1S/C18H27N3O2.2ClH/c22-18(13-16-14-19-9-12-23-16)20-8-4-11-21-10-3-6-15-5-1-2-7-17(15)21;;/h1-2,5,7,16,19H,3-4,6,8-14H2,(H,20,22);2*1H. The van der Waals surface area contributed by atoms with E-state index in [0.717, 1.165) is 39.1 Å². The first-order valence-electron chi connectivity index (χ1n) is 8.75.